The van der Waals surface area contributed by atoms with Gasteiger partial charge in [0, 0.05) is 12.1 Å². The van der Waals surface area contributed by atoms with Gasteiger partial charge in [-0.05, 0) is 6.92 Å². The Morgan fingerprint density at radius 3 is 2.08 bits per heavy atom. The Morgan fingerprint density at radius 2 is 1.69 bits per heavy atom. The number of benzene rings is 1. The van der Waals surface area contributed by atoms with Crippen LogP contribution in [0.5, 0.6) is 0 Å². The summed E-state index contributed by atoms with van der Waals surface area (Å²) in [4.78, 5) is 0. The Labute approximate surface area is 72.3 Å². The second kappa shape index (κ2) is 3.47. The van der Waals surface area contributed by atoms with Gasteiger partial charge in [-0.15, -0.1) is 0 Å². The predicted octanol–water partition coefficient (Wildman–Crippen LogP) is 2.30. The van der Waals surface area contributed by atoms with Crippen LogP contribution >= 0.6 is 0 Å². The van der Waals surface area contributed by atoms with Crippen LogP contribution in [0.1, 0.15) is 12.5 Å². The van der Waals surface area contributed by atoms with Crippen LogP contribution in [0.25, 0.3) is 0 Å². The lowest BCUT2D eigenvalue weighted by Crippen LogP contribution is -2.03. The van der Waals surface area contributed by atoms with E-state index in [2.05, 4.69) is 5.16 Å². The highest BCUT2D eigenvalue weighted by Gasteiger charge is 2.13. The van der Waals surface area contributed by atoms with Gasteiger partial charge in [-0.1, -0.05) is 5.16 Å². The lowest BCUT2D eigenvalue weighted by molar-refractivity contribution is 0.318. The van der Waals surface area contributed by atoms with Gasteiger partial charge in [-0.2, -0.15) is 0 Å². The molecule has 0 fully saturated rings. The molecule has 0 amide bonds. The van der Waals surface area contributed by atoms with Crippen molar-refractivity contribution < 1.29 is 18.4 Å². The number of hydrogen-bond acceptors (Lipinski definition) is 2. The zero-order valence-corrected chi connectivity index (χ0v) is 6.68. The third-order valence-corrected chi connectivity index (χ3v) is 1.52. The fourth-order valence-electron chi connectivity index (χ4n) is 0.938. The van der Waals surface area contributed by atoms with Crippen molar-refractivity contribution in [3.63, 3.8) is 0 Å². The molecular formula is C8H6F3NO. The molecule has 1 N–H and O–H groups in total. The van der Waals surface area contributed by atoms with Gasteiger partial charge in [0.25, 0.3) is 0 Å². The van der Waals surface area contributed by atoms with Gasteiger partial charge in [0.1, 0.15) is 17.5 Å². The number of rotatable bonds is 1. The Balaban J connectivity index is 3.37. The molecule has 0 aliphatic carbocycles. The SMILES string of the molecule is CC(=NO)c1c(F)cc(F)cc1F. The van der Waals surface area contributed by atoms with Gasteiger partial charge < -0.3 is 5.21 Å². The molecule has 0 saturated carbocycles. The van der Waals surface area contributed by atoms with Crippen LogP contribution in [0.3, 0.4) is 0 Å². The largest absolute Gasteiger partial charge is 0.411 e. The van der Waals surface area contributed by atoms with Crippen LogP contribution in [-0.2, 0) is 0 Å². The summed E-state index contributed by atoms with van der Waals surface area (Å²) < 4.78 is 38.1. The van der Waals surface area contributed by atoms with Crippen molar-refractivity contribution in [2.45, 2.75) is 6.92 Å². The average molecular weight is 189 g/mol. The molecule has 1 aromatic carbocycles. The minimum Gasteiger partial charge on any atom is -0.411 e. The number of halogens is 3. The highest BCUT2D eigenvalue weighted by Crippen LogP contribution is 2.15. The zero-order valence-electron chi connectivity index (χ0n) is 6.68. The van der Waals surface area contributed by atoms with E-state index in [0.29, 0.717) is 12.1 Å². The Bertz CT molecular complexity index is 339. The van der Waals surface area contributed by atoms with E-state index in [9.17, 15) is 13.2 Å². The minimum absolute atomic E-state index is 0.241. The fraction of sp³-hybridized carbons (Fsp3) is 0.125. The van der Waals surface area contributed by atoms with E-state index in [1.165, 1.54) is 6.92 Å². The van der Waals surface area contributed by atoms with E-state index in [4.69, 9.17) is 5.21 Å². The first kappa shape index (κ1) is 9.57. The van der Waals surface area contributed by atoms with Crippen molar-refractivity contribution in [1.82, 2.24) is 0 Å². The average Bonchev–Trinajstić information content (AvgIpc) is 2.02. The molecule has 0 heterocycles. The van der Waals surface area contributed by atoms with E-state index in [-0.39, 0.29) is 5.71 Å². The summed E-state index contributed by atoms with van der Waals surface area (Å²) >= 11 is 0. The van der Waals surface area contributed by atoms with E-state index in [0.717, 1.165) is 0 Å². The topological polar surface area (TPSA) is 32.6 Å². The maximum absolute atomic E-state index is 12.9. The lowest BCUT2D eigenvalue weighted by atomic mass is 10.1. The minimum atomic E-state index is -1.09. The van der Waals surface area contributed by atoms with Crippen LogP contribution in [-0.4, -0.2) is 10.9 Å². The summed E-state index contributed by atoms with van der Waals surface area (Å²) in [6, 6.07) is 1.04. The standard InChI is InChI=1S/C8H6F3NO/c1-4(12-13)8-6(10)2-5(9)3-7(8)11/h2-3,13H,1H3. The van der Waals surface area contributed by atoms with E-state index >= 15 is 0 Å². The maximum atomic E-state index is 12.9. The fourth-order valence-corrected chi connectivity index (χ4v) is 0.938. The third-order valence-electron chi connectivity index (χ3n) is 1.52. The molecule has 1 rings (SSSR count). The van der Waals surface area contributed by atoms with Gasteiger partial charge in [-0.3, -0.25) is 0 Å². The molecule has 1 aromatic rings. The van der Waals surface area contributed by atoms with Gasteiger partial charge in [0.15, 0.2) is 0 Å². The van der Waals surface area contributed by atoms with Gasteiger partial charge in [-0.25, -0.2) is 13.2 Å². The summed E-state index contributed by atoms with van der Waals surface area (Å²) in [5.41, 5.74) is -0.765. The van der Waals surface area contributed by atoms with Crippen molar-refractivity contribution in [2.24, 2.45) is 5.16 Å². The van der Waals surface area contributed by atoms with Crippen LogP contribution in [0, 0.1) is 17.5 Å². The first-order valence-corrected chi connectivity index (χ1v) is 3.40. The molecule has 0 unspecified atom stereocenters. The van der Waals surface area contributed by atoms with E-state index in [1.54, 1.807) is 0 Å². The smallest absolute Gasteiger partial charge is 0.138 e. The Hall–Kier alpha value is -1.52. The van der Waals surface area contributed by atoms with Crippen molar-refractivity contribution in [1.29, 1.82) is 0 Å². The molecule has 0 bridgehead atoms. The van der Waals surface area contributed by atoms with Crippen molar-refractivity contribution in [2.75, 3.05) is 0 Å². The first-order valence-electron chi connectivity index (χ1n) is 3.40. The molecule has 0 aromatic heterocycles. The molecule has 0 aliphatic heterocycles. The Kier molecular flexibility index (Phi) is 2.55. The summed E-state index contributed by atoms with van der Waals surface area (Å²) in [5.74, 6) is -3.19. The molecule has 2 nitrogen and oxygen atoms in total. The quantitative estimate of drug-likeness (QED) is 0.410. The molecule has 0 atom stereocenters. The third kappa shape index (κ3) is 1.80. The molecule has 70 valence electrons. The number of oxime groups is 1. The number of nitrogens with zero attached hydrogens (tertiary/aromatic N) is 1. The lowest BCUT2D eigenvalue weighted by Gasteiger charge is -2.02. The second-order valence-corrected chi connectivity index (χ2v) is 2.43. The monoisotopic (exact) mass is 189 g/mol. The molecule has 0 spiro atoms. The van der Waals surface area contributed by atoms with Crippen LogP contribution in [0.15, 0.2) is 17.3 Å². The molecule has 0 saturated heterocycles. The normalized spacial score (nSPS) is 11.8. The van der Waals surface area contributed by atoms with Crippen molar-refractivity contribution in [3.8, 4) is 0 Å². The van der Waals surface area contributed by atoms with E-state index < -0.39 is 23.0 Å². The summed E-state index contributed by atoms with van der Waals surface area (Å²) in [5, 5.41) is 10.9. The van der Waals surface area contributed by atoms with Gasteiger partial charge in [0.05, 0.1) is 11.3 Å². The summed E-state index contributed by atoms with van der Waals surface area (Å²) in [6.45, 7) is 1.21. The molecule has 13 heavy (non-hydrogen) atoms. The zero-order chi connectivity index (χ0) is 10.0. The second-order valence-electron chi connectivity index (χ2n) is 2.43. The summed E-state index contributed by atoms with van der Waals surface area (Å²) in [6.07, 6.45) is 0. The van der Waals surface area contributed by atoms with E-state index in [1.807, 2.05) is 0 Å². The summed E-state index contributed by atoms with van der Waals surface area (Å²) in [7, 11) is 0. The first-order chi connectivity index (χ1) is 6.06. The molecule has 0 aliphatic rings. The number of hydrogen-bond donors (Lipinski definition) is 1. The van der Waals surface area contributed by atoms with Crippen LogP contribution in [0.2, 0.25) is 0 Å². The molecular weight excluding hydrogens is 183 g/mol. The van der Waals surface area contributed by atoms with Gasteiger partial charge in [0.2, 0.25) is 0 Å². The predicted molar refractivity (Wildman–Crippen MR) is 40.3 cm³/mol. The van der Waals surface area contributed by atoms with Crippen LogP contribution in [0.4, 0.5) is 13.2 Å². The Morgan fingerprint density at radius 1 is 1.23 bits per heavy atom. The maximum Gasteiger partial charge on any atom is 0.138 e. The van der Waals surface area contributed by atoms with Gasteiger partial charge >= 0.3 is 0 Å². The highest BCUT2D eigenvalue weighted by molar-refractivity contribution is 5.98. The molecule has 5 heteroatoms. The van der Waals surface area contributed by atoms with Crippen LogP contribution < -0.4 is 0 Å². The highest BCUT2D eigenvalue weighted by atomic mass is 19.1. The molecule has 0 radical (unpaired) electrons. The van der Waals surface area contributed by atoms with Crippen molar-refractivity contribution in [3.05, 3.63) is 35.1 Å². The van der Waals surface area contributed by atoms with Crippen molar-refractivity contribution >= 4 is 5.71 Å².